The van der Waals surface area contributed by atoms with E-state index in [1.807, 2.05) is 24.3 Å². The first-order chi connectivity index (χ1) is 7.25. The standard InChI is InChI=1S/C13H15ClO/c14-12-7-5-10(6-8-12)9-11-3-1-2-4-13(11)15/h5-8,11H,1-4,9H2/t11-/m1/s1. The lowest BCUT2D eigenvalue weighted by atomic mass is 9.84. The van der Waals surface area contributed by atoms with E-state index in [-0.39, 0.29) is 5.92 Å². The lowest BCUT2D eigenvalue weighted by molar-refractivity contribution is -0.124. The minimum absolute atomic E-state index is 0.250. The molecule has 0 amide bonds. The average molecular weight is 223 g/mol. The summed E-state index contributed by atoms with van der Waals surface area (Å²) in [5, 5.41) is 0.758. The molecule has 0 unspecified atom stereocenters. The van der Waals surface area contributed by atoms with Gasteiger partial charge in [0.25, 0.3) is 0 Å². The van der Waals surface area contributed by atoms with Gasteiger partial charge in [0.2, 0.25) is 0 Å². The Labute approximate surface area is 95.4 Å². The van der Waals surface area contributed by atoms with Crippen LogP contribution < -0.4 is 0 Å². The van der Waals surface area contributed by atoms with Crippen LogP contribution in [0.4, 0.5) is 0 Å². The Bertz CT molecular complexity index is 342. The van der Waals surface area contributed by atoms with E-state index in [2.05, 4.69) is 0 Å². The molecule has 0 bridgehead atoms. The van der Waals surface area contributed by atoms with Gasteiger partial charge in [0, 0.05) is 17.4 Å². The maximum absolute atomic E-state index is 11.6. The Morgan fingerprint density at radius 2 is 1.93 bits per heavy atom. The average Bonchev–Trinajstić information content (AvgIpc) is 2.25. The highest BCUT2D eigenvalue weighted by Crippen LogP contribution is 2.24. The summed E-state index contributed by atoms with van der Waals surface area (Å²) < 4.78 is 0. The van der Waals surface area contributed by atoms with Gasteiger partial charge in [-0.2, -0.15) is 0 Å². The van der Waals surface area contributed by atoms with E-state index in [0.717, 1.165) is 30.7 Å². The number of hydrogen-bond acceptors (Lipinski definition) is 1. The molecule has 0 heterocycles. The second kappa shape index (κ2) is 4.80. The van der Waals surface area contributed by atoms with Crippen molar-refractivity contribution >= 4 is 17.4 Å². The first-order valence-electron chi connectivity index (χ1n) is 5.53. The Balaban J connectivity index is 2.01. The van der Waals surface area contributed by atoms with E-state index in [1.165, 1.54) is 12.0 Å². The maximum Gasteiger partial charge on any atom is 0.136 e. The summed E-state index contributed by atoms with van der Waals surface area (Å²) in [5.41, 5.74) is 1.22. The summed E-state index contributed by atoms with van der Waals surface area (Å²) in [6.45, 7) is 0. The molecule has 1 aliphatic rings. The first-order valence-corrected chi connectivity index (χ1v) is 5.90. The van der Waals surface area contributed by atoms with Crippen LogP contribution in [0.1, 0.15) is 31.2 Å². The van der Waals surface area contributed by atoms with Gasteiger partial charge in [-0.15, -0.1) is 0 Å². The molecule has 2 heteroatoms. The number of rotatable bonds is 2. The lowest BCUT2D eigenvalue weighted by Crippen LogP contribution is -2.20. The molecule has 15 heavy (non-hydrogen) atoms. The highest BCUT2D eigenvalue weighted by molar-refractivity contribution is 6.30. The van der Waals surface area contributed by atoms with Gasteiger partial charge < -0.3 is 0 Å². The molecule has 0 aliphatic heterocycles. The second-order valence-electron chi connectivity index (χ2n) is 4.24. The lowest BCUT2D eigenvalue weighted by Gasteiger charge is -2.20. The van der Waals surface area contributed by atoms with E-state index >= 15 is 0 Å². The van der Waals surface area contributed by atoms with Crippen LogP contribution in [0.5, 0.6) is 0 Å². The smallest absolute Gasteiger partial charge is 0.136 e. The Morgan fingerprint density at radius 3 is 2.60 bits per heavy atom. The molecule has 1 aromatic rings. The van der Waals surface area contributed by atoms with Gasteiger partial charge in [0.05, 0.1) is 0 Å². The number of ketones is 1. The molecule has 1 nitrogen and oxygen atoms in total. The third-order valence-electron chi connectivity index (χ3n) is 3.08. The topological polar surface area (TPSA) is 17.1 Å². The normalized spacial score (nSPS) is 21.7. The molecule has 1 aromatic carbocycles. The number of hydrogen-bond donors (Lipinski definition) is 0. The largest absolute Gasteiger partial charge is 0.299 e. The van der Waals surface area contributed by atoms with Gasteiger partial charge in [-0.3, -0.25) is 4.79 Å². The minimum atomic E-state index is 0.250. The molecule has 1 saturated carbocycles. The zero-order valence-electron chi connectivity index (χ0n) is 8.71. The SMILES string of the molecule is O=C1CCCC[C@@H]1Cc1ccc(Cl)cc1. The van der Waals surface area contributed by atoms with Gasteiger partial charge >= 0.3 is 0 Å². The summed E-state index contributed by atoms with van der Waals surface area (Å²) in [7, 11) is 0. The van der Waals surface area contributed by atoms with Crippen LogP contribution in [0.3, 0.4) is 0 Å². The van der Waals surface area contributed by atoms with E-state index in [1.54, 1.807) is 0 Å². The fourth-order valence-electron chi connectivity index (χ4n) is 2.18. The van der Waals surface area contributed by atoms with Gasteiger partial charge in [-0.1, -0.05) is 30.2 Å². The molecule has 1 fully saturated rings. The van der Waals surface area contributed by atoms with Crippen LogP contribution in [-0.4, -0.2) is 5.78 Å². The molecule has 0 aromatic heterocycles. The Morgan fingerprint density at radius 1 is 1.20 bits per heavy atom. The van der Waals surface area contributed by atoms with E-state index in [0.29, 0.717) is 5.78 Å². The number of halogens is 1. The van der Waals surface area contributed by atoms with Crippen molar-refractivity contribution in [3.63, 3.8) is 0 Å². The highest BCUT2D eigenvalue weighted by Gasteiger charge is 2.21. The van der Waals surface area contributed by atoms with Gasteiger partial charge in [0.15, 0.2) is 0 Å². The van der Waals surface area contributed by atoms with Crippen molar-refractivity contribution in [2.45, 2.75) is 32.1 Å². The third kappa shape index (κ3) is 2.82. The second-order valence-corrected chi connectivity index (χ2v) is 4.68. The number of Topliss-reactive ketones (excluding diaryl/α,β-unsaturated/α-hetero) is 1. The Kier molecular flexibility index (Phi) is 3.42. The molecule has 0 spiro atoms. The summed E-state index contributed by atoms with van der Waals surface area (Å²) >= 11 is 5.82. The van der Waals surface area contributed by atoms with E-state index in [9.17, 15) is 4.79 Å². The van der Waals surface area contributed by atoms with Gasteiger partial charge in [-0.05, 0) is 37.0 Å². The fraction of sp³-hybridized carbons (Fsp3) is 0.462. The van der Waals surface area contributed by atoms with Crippen LogP contribution in [0, 0.1) is 5.92 Å². The summed E-state index contributed by atoms with van der Waals surface area (Å²) in [4.78, 5) is 11.6. The zero-order chi connectivity index (χ0) is 10.7. The quantitative estimate of drug-likeness (QED) is 0.747. The van der Waals surface area contributed by atoms with Crippen molar-refractivity contribution in [2.75, 3.05) is 0 Å². The fourth-order valence-corrected chi connectivity index (χ4v) is 2.30. The molecule has 80 valence electrons. The summed E-state index contributed by atoms with van der Waals surface area (Å²) in [6, 6.07) is 7.82. The van der Waals surface area contributed by atoms with Crippen molar-refractivity contribution in [3.8, 4) is 0 Å². The molecule has 0 radical (unpaired) electrons. The van der Waals surface area contributed by atoms with Crippen LogP contribution in [0.25, 0.3) is 0 Å². The molecule has 0 N–H and O–H groups in total. The molecule has 1 aliphatic carbocycles. The summed E-state index contributed by atoms with van der Waals surface area (Å²) in [6.07, 6.45) is 5.00. The summed E-state index contributed by atoms with van der Waals surface area (Å²) in [5.74, 6) is 0.691. The van der Waals surface area contributed by atoms with Crippen molar-refractivity contribution in [1.82, 2.24) is 0 Å². The number of carbonyl (C=O) groups is 1. The molecule has 0 saturated heterocycles. The third-order valence-corrected chi connectivity index (χ3v) is 3.33. The van der Waals surface area contributed by atoms with Gasteiger partial charge in [-0.25, -0.2) is 0 Å². The Hall–Kier alpha value is -0.820. The maximum atomic E-state index is 11.6. The van der Waals surface area contributed by atoms with Crippen LogP contribution in [0.2, 0.25) is 5.02 Å². The van der Waals surface area contributed by atoms with Crippen LogP contribution >= 0.6 is 11.6 Å². The first kappa shape index (κ1) is 10.7. The predicted octanol–water partition coefficient (Wildman–Crippen LogP) is 3.64. The van der Waals surface area contributed by atoms with Gasteiger partial charge in [0.1, 0.15) is 5.78 Å². The molecular formula is C13H15ClO. The predicted molar refractivity (Wildman–Crippen MR) is 62.1 cm³/mol. The zero-order valence-corrected chi connectivity index (χ0v) is 9.46. The molecule has 1 atom stereocenters. The molecule has 2 rings (SSSR count). The van der Waals surface area contributed by atoms with E-state index in [4.69, 9.17) is 11.6 Å². The van der Waals surface area contributed by atoms with E-state index < -0.39 is 0 Å². The molecular weight excluding hydrogens is 208 g/mol. The van der Waals surface area contributed by atoms with Crippen molar-refractivity contribution in [3.05, 3.63) is 34.9 Å². The highest BCUT2D eigenvalue weighted by atomic mass is 35.5. The van der Waals surface area contributed by atoms with Crippen LogP contribution in [-0.2, 0) is 11.2 Å². The minimum Gasteiger partial charge on any atom is -0.299 e. The van der Waals surface area contributed by atoms with Crippen molar-refractivity contribution < 1.29 is 4.79 Å². The van der Waals surface area contributed by atoms with Crippen molar-refractivity contribution in [2.24, 2.45) is 5.92 Å². The number of benzene rings is 1. The monoisotopic (exact) mass is 222 g/mol. The van der Waals surface area contributed by atoms with Crippen molar-refractivity contribution in [1.29, 1.82) is 0 Å². The number of carbonyl (C=O) groups excluding carboxylic acids is 1. The van der Waals surface area contributed by atoms with Crippen LogP contribution in [0.15, 0.2) is 24.3 Å².